The average molecular weight is 468 g/mol. The fraction of sp³-hybridized carbons (Fsp3) is 0.250. The lowest BCUT2D eigenvalue weighted by atomic mass is 10.0. The summed E-state index contributed by atoms with van der Waals surface area (Å²) in [6.07, 6.45) is 1.48. The van der Waals surface area contributed by atoms with Crippen molar-refractivity contribution >= 4 is 31.9 Å². The first-order chi connectivity index (χ1) is 13.4. The van der Waals surface area contributed by atoms with Gasteiger partial charge in [0.25, 0.3) is 0 Å². The summed E-state index contributed by atoms with van der Waals surface area (Å²) in [5.41, 5.74) is 0.968. The maximum atomic E-state index is 12.7. The molecule has 1 N–H and O–H groups in total. The Kier molecular flexibility index (Phi) is 8.37. The zero-order valence-electron chi connectivity index (χ0n) is 15.4. The van der Waals surface area contributed by atoms with E-state index in [1.54, 1.807) is 12.1 Å². The van der Waals surface area contributed by atoms with E-state index >= 15 is 0 Å². The second kappa shape index (κ2) is 10.5. The van der Waals surface area contributed by atoms with Gasteiger partial charge in [-0.3, -0.25) is 4.79 Å². The predicted octanol–water partition coefficient (Wildman–Crippen LogP) is 3.29. The van der Waals surface area contributed by atoms with Crippen molar-refractivity contribution < 1.29 is 22.7 Å². The number of benzene rings is 2. The molecule has 8 heteroatoms. The first-order valence-corrected chi connectivity index (χ1v) is 10.7. The SMILES string of the molecule is C=CC(COCc1ccccc1)C(NS(=O)(=O)c1ccc(Br)cc1)C(=O)OC. The monoisotopic (exact) mass is 467 g/mol. The lowest BCUT2D eigenvalue weighted by Crippen LogP contribution is -2.47. The van der Waals surface area contributed by atoms with E-state index in [1.807, 2.05) is 30.3 Å². The molecule has 6 nitrogen and oxygen atoms in total. The van der Waals surface area contributed by atoms with E-state index < -0.39 is 28.0 Å². The fourth-order valence-corrected chi connectivity index (χ4v) is 3.97. The van der Waals surface area contributed by atoms with Crippen LogP contribution in [0.2, 0.25) is 0 Å². The number of sulfonamides is 1. The van der Waals surface area contributed by atoms with E-state index in [2.05, 4.69) is 27.2 Å². The largest absolute Gasteiger partial charge is 0.468 e. The van der Waals surface area contributed by atoms with Crippen molar-refractivity contribution in [1.82, 2.24) is 4.72 Å². The number of methoxy groups -OCH3 is 1. The summed E-state index contributed by atoms with van der Waals surface area (Å²) in [6, 6.07) is 14.5. The molecule has 2 rings (SSSR count). The van der Waals surface area contributed by atoms with Crippen LogP contribution in [-0.2, 0) is 30.9 Å². The molecule has 0 radical (unpaired) electrons. The number of rotatable bonds is 10. The van der Waals surface area contributed by atoms with Crippen LogP contribution in [0.5, 0.6) is 0 Å². The molecular formula is C20H22BrNO5S. The number of carbonyl (C=O) groups is 1. The number of nitrogens with one attached hydrogen (secondary N) is 1. The Hall–Kier alpha value is -2.00. The highest BCUT2D eigenvalue weighted by molar-refractivity contribution is 9.10. The molecule has 0 heterocycles. The molecule has 0 saturated heterocycles. The lowest BCUT2D eigenvalue weighted by Gasteiger charge is -2.23. The van der Waals surface area contributed by atoms with Gasteiger partial charge in [-0.1, -0.05) is 52.3 Å². The molecule has 150 valence electrons. The minimum Gasteiger partial charge on any atom is -0.468 e. The summed E-state index contributed by atoms with van der Waals surface area (Å²) in [7, 11) is -2.74. The highest BCUT2D eigenvalue weighted by Crippen LogP contribution is 2.17. The average Bonchev–Trinajstić information content (AvgIpc) is 2.70. The van der Waals surface area contributed by atoms with E-state index in [0.29, 0.717) is 6.61 Å². The maximum absolute atomic E-state index is 12.7. The van der Waals surface area contributed by atoms with Gasteiger partial charge in [-0.05, 0) is 29.8 Å². The molecule has 2 unspecified atom stereocenters. The molecule has 0 aliphatic rings. The van der Waals surface area contributed by atoms with Crippen LogP contribution in [-0.4, -0.2) is 34.1 Å². The topological polar surface area (TPSA) is 81.7 Å². The van der Waals surface area contributed by atoms with E-state index in [1.165, 1.54) is 25.3 Å². The highest BCUT2D eigenvalue weighted by Gasteiger charge is 2.32. The van der Waals surface area contributed by atoms with Crippen molar-refractivity contribution in [1.29, 1.82) is 0 Å². The molecular weight excluding hydrogens is 446 g/mol. The predicted molar refractivity (Wildman–Crippen MR) is 110 cm³/mol. The molecule has 0 aliphatic heterocycles. The van der Waals surface area contributed by atoms with Gasteiger partial charge in [0.2, 0.25) is 10.0 Å². The number of halogens is 1. The van der Waals surface area contributed by atoms with Crippen LogP contribution in [0, 0.1) is 5.92 Å². The fourth-order valence-electron chi connectivity index (χ4n) is 2.47. The van der Waals surface area contributed by atoms with Gasteiger partial charge in [0.1, 0.15) is 6.04 Å². The summed E-state index contributed by atoms with van der Waals surface area (Å²) in [4.78, 5) is 12.3. The molecule has 0 saturated carbocycles. The first kappa shape index (κ1) is 22.3. The maximum Gasteiger partial charge on any atom is 0.324 e. The summed E-state index contributed by atoms with van der Waals surface area (Å²) in [5, 5.41) is 0. The number of esters is 1. The molecule has 0 spiro atoms. The van der Waals surface area contributed by atoms with Gasteiger partial charge in [0, 0.05) is 10.4 Å². The quantitative estimate of drug-likeness (QED) is 0.428. The Morgan fingerprint density at radius 3 is 2.39 bits per heavy atom. The highest BCUT2D eigenvalue weighted by atomic mass is 79.9. The minimum absolute atomic E-state index is 0.0395. The molecule has 0 bridgehead atoms. The molecule has 0 aliphatic carbocycles. The molecule has 28 heavy (non-hydrogen) atoms. The van der Waals surface area contributed by atoms with Crippen LogP contribution in [0.25, 0.3) is 0 Å². The first-order valence-electron chi connectivity index (χ1n) is 8.47. The number of carbonyl (C=O) groups excluding carboxylic acids is 1. The number of hydrogen-bond acceptors (Lipinski definition) is 5. The summed E-state index contributed by atoms with van der Waals surface area (Å²) < 4.78 is 39.0. The van der Waals surface area contributed by atoms with Crippen LogP contribution in [0.15, 0.2) is 76.6 Å². The zero-order valence-corrected chi connectivity index (χ0v) is 17.8. The van der Waals surface area contributed by atoms with Gasteiger partial charge < -0.3 is 9.47 Å². The molecule has 0 amide bonds. The van der Waals surface area contributed by atoms with Crippen molar-refractivity contribution in [3.05, 3.63) is 77.3 Å². The van der Waals surface area contributed by atoms with Crippen LogP contribution >= 0.6 is 15.9 Å². The molecule has 0 aromatic heterocycles. The summed E-state index contributed by atoms with van der Waals surface area (Å²) >= 11 is 3.26. The van der Waals surface area contributed by atoms with Gasteiger partial charge in [0.05, 0.1) is 25.2 Å². The number of hydrogen-bond donors (Lipinski definition) is 1. The van der Waals surface area contributed by atoms with Gasteiger partial charge in [0.15, 0.2) is 0 Å². The zero-order chi connectivity index (χ0) is 20.6. The summed E-state index contributed by atoms with van der Waals surface area (Å²) in [5.74, 6) is -1.32. The van der Waals surface area contributed by atoms with Gasteiger partial charge in [-0.15, -0.1) is 6.58 Å². The Morgan fingerprint density at radius 2 is 1.82 bits per heavy atom. The van der Waals surface area contributed by atoms with Crippen molar-refractivity contribution in [2.45, 2.75) is 17.5 Å². The van der Waals surface area contributed by atoms with Crippen LogP contribution in [0.3, 0.4) is 0 Å². The van der Waals surface area contributed by atoms with Gasteiger partial charge >= 0.3 is 5.97 Å². The van der Waals surface area contributed by atoms with E-state index in [-0.39, 0.29) is 11.5 Å². The third-order valence-electron chi connectivity index (χ3n) is 4.01. The molecule has 2 aromatic rings. The third-order valence-corrected chi connectivity index (χ3v) is 6.00. The molecule has 2 atom stereocenters. The van der Waals surface area contributed by atoms with E-state index in [9.17, 15) is 13.2 Å². The van der Waals surface area contributed by atoms with Crippen LogP contribution in [0.4, 0.5) is 0 Å². The summed E-state index contributed by atoms with van der Waals surface area (Å²) in [6.45, 7) is 4.14. The van der Waals surface area contributed by atoms with Gasteiger partial charge in [-0.25, -0.2) is 8.42 Å². The number of ether oxygens (including phenoxy) is 2. The second-order valence-corrected chi connectivity index (χ2v) is 8.61. The smallest absolute Gasteiger partial charge is 0.324 e. The van der Waals surface area contributed by atoms with Crippen LogP contribution < -0.4 is 4.72 Å². The Morgan fingerprint density at radius 1 is 1.18 bits per heavy atom. The normalized spacial score (nSPS) is 13.5. The van der Waals surface area contributed by atoms with Gasteiger partial charge in [-0.2, -0.15) is 4.72 Å². The minimum atomic E-state index is -3.94. The molecule has 2 aromatic carbocycles. The molecule has 0 fully saturated rings. The Labute approximate surface area is 173 Å². The van der Waals surface area contributed by atoms with Crippen LogP contribution in [0.1, 0.15) is 5.56 Å². The third kappa shape index (κ3) is 6.27. The standard InChI is InChI=1S/C20H22BrNO5S/c1-3-16(14-27-13-15-7-5-4-6-8-15)19(20(23)26-2)22-28(24,25)18-11-9-17(21)10-12-18/h3-12,16,19,22H,1,13-14H2,2H3. The Bertz CT molecular complexity index is 885. The second-order valence-electron chi connectivity index (χ2n) is 5.98. The Balaban J connectivity index is 2.12. The van der Waals surface area contributed by atoms with Crippen molar-refractivity contribution in [2.24, 2.45) is 5.92 Å². The van der Waals surface area contributed by atoms with E-state index in [0.717, 1.165) is 10.0 Å². The van der Waals surface area contributed by atoms with Crippen molar-refractivity contribution in [3.63, 3.8) is 0 Å². The lowest BCUT2D eigenvalue weighted by molar-refractivity contribution is -0.144. The van der Waals surface area contributed by atoms with E-state index in [4.69, 9.17) is 9.47 Å². The van der Waals surface area contributed by atoms with Crippen molar-refractivity contribution in [3.8, 4) is 0 Å². The van der Waals surface area contributed by atoms with Crippen molar-refractivity contribution in [2.75, 3.05) is 13.7 Å².